The minimum Gasteiger partial charge on any atom is -0.293 e. The first-order valence-corrected chi connectivity index (χ1v) is 7.19. The summed E-state index contributed by atoms with van der Waals surface area (Å²) in [5.41, 5.74) is 4.40. The molecule has 1 aliphatic carbocycles. The van der Waals surface area contributed by atoms with Crippen molar-refractivity contribution in [3.63, 3.8) is 0 Å². The van der Waals surface area contributed by atoms with Crippen molar-refractivity contribution in [3.05, 3.63) is 35.4 Å². The third kappa shape index (κ3) is 2.81. The van der Waals surface area contributed by atoms with Crippen LogP contribution in [0.4, 0.5) is 0 Å². The molecule has 0 saturated heterocycles. The van der Waals surface area contributed by atoms with E-state index in [1.807, 2.05) is 0 Å². The average Bonchev–Trinajstić information content (AvgIpc) is 2.88. The highest BCUT2D eigenvalue weighted by Gasteiger charge is 2.42. The van der Waals surface area contributed by atoms with Crippen LogP contribution in [0.15, 0.2) is 24.3 Å². The van der Waals surface area contributed by atoms with Crippen molar-refractivity contribution in [3.8, 4) is 0 Å². The first-order chi connectivity index (χ1) is 9.08. The SMILES string of the molecule is CC(C)Cc1ccc(C2(C(=O)NN)CCCC2)cc1. The second-order valence-electron chi connectivity index (χ2n) is 6.06. The molecule has 1 aromatic rings. The summed E-state index contributed by atoms with van der Waals surface area (Å²) in [6, 6.07) is 8.52. The predicted molar refractivity (Wildman–Crippen MR) is 77.5 cm³/mol. The van der Waals surface area contributed by atoms with Crippen LogP contribution in [0.3, 0.4) is 0 Å². The van der Waals surface area contributed by atoms with E-state index < -0.39 is 5.41 Å². The van der Waals surface area contributed by atoms with E-state index in [2.05, 4.69) is 43.5 Å². The van der Waals surface area contributed by atoms with Crippen LogP contribution in [0.5, 0.6) is 0 Å². The molecule has 1 aromatic carbocycles. The Kier molecular flexibility index (Phi) is 4.25. The Hall–Kier alpha value is -1.35. The third-order valence-corrected chi connectivity index (χ3v) is 4.17. The van der Waals surface area contributed by atoms with Gasteiger partial charge in [0.2, 0.25) is 5.91 Å². The van der Waals surface area contributed by atoms with E-state index in [1.54, 1.807) is 0 Å². The van der Waals surface area contributed by atoms with Crippen LogP contribution in [0, 0.1) is 5.92 Å². The fraction of sp³-hybridized carbons (Fsp3) is 0.562. The van der Waals surface area contributed by atoms with Gasteiger partial charge in [0.05, 0.1) is 5.41 Å². The number of rotatable bonds is 4. The first kappa shape index (κ1) is 14.1. The number of amides is 1. The second-order valence-corrected chi connectivity index (χ2v) is 6.06. The van der Waals surface area contributed by atoms with Gasteiger partial charge in [-0.15, -0.1) is 0 Å². The number of hydrogen-bond donors (Lipinski definition) is 2. The maximum atomic E-state index is 12.2. The minimum atomic E-state index is -0.398. The second kappa shape index (κ2) is 5.74. The Labute approximate surface area is 115 Å². The molecule has 0 aliphatic heterocycles. The topological polar surface area (TPSA) is 55.1 Å². The number of benzene rings is 1. The molecule has 0 heterocycles. The van der Waals surface area contributed by atoms with Crippen molar-refractivity contribution in [1.29, 1.82) is 0 Å². The molecular weight excluding hydrogens is 236 g/mol. The molecule has 0 atom stereocenters. The molecule has 3 heteroatoms. The lowest BCUT2D eigenvalue weighted by Crippen LogP contribution is -2.45. The van der Waals surface area contributed by atoms with Gasteiger partial charge in [-0.2, -0.15) is 0 Å². The van der Waals surface area contributed by atoms with Gasteiger partial charge in [-0.3, -0.25) is 10.2 Å². The van der Waals surface area contributed by atoms with E-state index >= 15 is 0 Å². The molecule has 0 radical (unpaired) electrons. The summed E-state index contributed by atoms with van der Waals surface area (Å²) in [5.74, 6) is 5.98. The van der Waals surface area contributed by atoms with Crippen LogP contribution in [0.1, 0.15) is 50.7 Å². The quantitative estimate of drug-likeness (QED) is 0.497. The normalized spacial score (nSPS) is 17.7. The van der Waals surface area contributed by atoms with Crippen molar-refractivity contribution in [2.24, 2.45) is 11.8 Å². The highest BCUT2D eigenvalue weighted by molar-refractivity contribution is 5.88. The molecular formula is C16H24N2O. The first-order valence-electron chi connectivity index (χ1n) is 7.19. The van der Waals surface area contributed by atoms with Gasteiger partial charge < -0.3 is 0 Å². The van der Waals surface area contributed by atoms with Gasteiger partial charge in [-0.1, -0.05) is 51.0 Å². The van der Waals surface area contributed by atoms with E-state index in [0.29, 0.717) is 5.92 Å². The van der Waals surface area contributed by atoms with E-state index in [9.17, 15) is 4.79 Å². The fourth-order valence-electron chi connectivity index (χ4n) is 3.19. The predicted octanol–water partition coefficient (Wildman–Crippen LogP) is 2.69. The summed E-state index contributed by atoms with van der Waals surface area (Å²) in [6.07, 6.45) is 5.08. The lowest BCUT2D eigenvalue weighted by atomic mass is 9.77. The fourth-order valence-corrected chi connectivity index (χ4v) is 3.19. The smallest absolute Gasteiger partial charge is 0.244 e. The Morgan fingerprint density at radius 3 is 2.32 bits per heavy atom. The summed E-state index contributed by atoms with van der Waals surface area (Å²) in [7, 11) is 0. The van der Waals surface area contributed by atoms with Crippen LogP contribution in [0.25, 0.3) is 0 Å². The number of carbonyl (C=O) groups is 1. The maximum Gasteiger partial charge on any atom is 0.244 e. The van der Waals surface area contributed by atoms with Gasteiger partial charge >= 0.3 is 0 Å². The van der Waals surface area contributed by atoms with Crippen LogP contribution >= 0.6 is 0 Å². The van der Waals surface area contributed by atoms with Crippen LogP contribution in [-0.4, -0.2) is 5.91 Å². The molecule has 3 N–H and O–H groups in total. The van der Waals surface area contributed by atoms with Crippen LogP contribution in [0.2, 0.25) is 0 Å². The van der Waals surface area contributed by atoms with E-state index in [1.165, 1.54) is 5.56 Å². The summed E-state index contributed by atoms with van der Waals surface area (Å²) >= 11 is 0. The van der Waals surface area contributed by atoms with Gasteiger partial charge in [-0.05, 0) is 36.3 Å². The number of hydrogen-bond acceptors (Lipinski definition) is 2. The largest absolute Gasteiger partial charge is 0.293 e. The Bertz CT molecular complexity index is 431. The molecule has 2 rings (SSSR count). The number of carbonyl (C=O) groups excluding carboxylic acids is 1. The van der Waals surface area contributed by atoms with Gasteiger partial charge in [0.1, 0.15) is 0 Å². The number of hydrazine groups is 1. The molecule has 0 bridgehead atoms. The van der Waals surface area contributed by atoms with E-state index in [-0.39, 0.29) is 5.91 Å². The van der Waals surface area contributed by atoms with Crippen molar-refractivity contribution >= 4 is 5.91 Å². The molecule has 0 aromatic heterocycles. The van der Waals surface area contributed by atoms with E-state index in [0.717, 1.165) is 37.7 Å². The lowest BCUT2D eigenvalue weighted by molar-refractivity contribution is -0.126. The summed E-state index contributed by atoms with van der Waals surface area (Å²) < 4.78 is 0. The molecule has 1 aliphatic rings. The molecule has 104 valence electrons. The molecule has 0 spiro atoms. The molecule has 0 unspecified atom stereocenters. The standard InChI is InChI=1S/C16H24N2O/c1-12(2)11-13-5-7-14(8-6-13)16(15(19)18-17)9-3-4-10-16/h5-8,12H,3-4,9-11,17H2,1-2H3,(H,18,19). The van der Waals surface area contributed by atoms with Crippen molar-refractivity contribution in [2.45, 2.75) is 51.4 Å². The monoisotopic (exact) mass is 260 g/mol. The summed E-state index contributed by atoms with van der Waals surface area (Å²) in [6.45, 7) is 4.43. The number of nitrogens with two attached hydrogens (primary N) is 1. The maximum absolute atomic E-state index is 12.2. The average molecular weight is 260 g/mol. The lowest BCUT2D eigenvalue weighted by Gasteiger charge is -2.27. The molecule has 1 amide bonds. The molecule has 1 fully saturated rings. The summed E-state index contributed by atoms with van der Waals surface area (Å²) in [4.78, 5) is 12.2. The molecule has 19 heavy (non-hydrogen) atoms. The molecule has 3 nitrogen and oxygen atoms in total. The third-order valence-electron chi connectivity index (χ3n) is 4.17. The highest BCUT2D eigenvalue weighted by Crippen LogP contribution is 2.41. The highest BCUT2D eigenvalue weighted by atomic mass is 16.2. The Balaban J connectivity index is 2.26. The van der Waals surface area contributed by atoms with E-state index in [4.69, 9.17) is 5.84 Å². The Morgan fingerprint density at radius 2 is 1.84 bits per heavy atom. The van der Waals surface area contributed by atoms with Crippen LogP contribution < -0.4 is 11.3 Å². The van der Waals surface area contributed by atoms with Crippen molar-refractivity contribution < 1.29 is 4.79 Å². The summed E-state index contributed by atoms with van der Waals surface area (Å²) in [5, 5.41) is 0. The molecule has 1 saturated carbocycles. The zero-order valence-electron chi connectivity index (χ0n) is 11.9. The number of nitrogens with one attached hydrogen (secondary N) is 1. The van der Waals surface area contributed by atoms with Crippen molar-refractivity contribution in [1.82, 2.24) is 5.43 Å². The zero-order chi connectivity index (χ0) is 13.9. The van der Waals surface area contributed by atoms with Gasteiger partial charge in [0.25, 0.3) is 0 Å². The van der Waals surface area contributed by atoms with Crippen molar-refractivity contribution in [2.75, 3.05) is 0 Å². The van der Waals surface area contributed by atoms with Gasteiger partial charge in [-0.25, -0.2) is 5.84 Å². The Morgan fingerprint density at radius 1 is 1.26 bits per heavy atom. The van der Waals surface area contributed by atoms with Gasteiger partial charge in [0.15, 0.2) is 0 Å². The minimum absolute atomic E-state index is 0.0402. The zero-order valence-corrected chi connectivity index (χ0v) is 11.9. The van der Waals surface area contributed by atoms with Gasteiger partial charge in [0, 0.05) is 0 Å². The van der Waals surface area contributed by atoms with Crippen LogP contribution in [-0.2, 0) is 16.6 Å².